The predicted molar refractivity (Wildman–Crippen MR) is 118 cm³/mol. The van der Waals surface area contributed by atoms with Gasteiger partial charge in [0, 0.05) is 16.1 Å². The first kappa shape index (κ1) is 21.4. The van der Waals surface area contributed by atoms with E-state index in [4.69, 9.17) is 4.74 Å². The average molecular weight is 424 g/mol. The van der Waals surface area contributed by atoms with Gasteiger partial charge in [0.25, 0.3) is 5.91 Å². The Morgan fingerprint density at radius 1 is 0.933 bits per heavy atom. The van der Waals surface area contributed by atoms with E-state index in [0.717, 1.165) is 4.90 Å². The highest BCUT2D eigenvalue weighted by atomic mass is 32.2. The average Bonchev–Trinajstić information content (AvgIpc) is 2.76. The second-order valence-corrected chi connectivity index (χ2v) is 7.85. The molecule has 0 fully saturated rings. The molecule has 0 aliphatic heterocycles. The third-order valence-corrected chi connectivity index (χ3v) is 5.38. The zero-order valence-electron chi connectivity index (χ0n) is 16.5. The van der Waals surface area contributed by atoms with Gasteiger partial charge in [-0.25, -0.2) is 4.39 Å². The van der Waals surface area contributed by atoms with Gasteiger partial charge in [-0.1, -0.05) is 12.1 Å². The number of carbonyl (C=O) groups is 2. The van der Waals surface area contributed by atoms with Crippen LogP contribution in [0.15, 0.2) is 77.7 Å². The second-order valence-electron chi connectivity index (χ2n) is 6.44. The van der Waals surface area contributed by atoms with Crippen molar-refractivity contribution in [2.75, 3.05) is 17.7 Å². The molecule has 7 heteroatoms. The molecule has 0 heterocycles. The first-order chi connectivity index (χ1) is 14.5. The van der Waals surface area contributed by atoms with Gasteiger partial charge in [-0.3, -0.25) is 9.59 Å². The van der Waals surface area contributed by atoms with Crippen LogP contribution in [0.3, 0.4) is 0 Å². The summed E-state index contributed by atoms with van der Waals surface area (Å²) in [6.45, 7) is 1.78. The molecule has 2 N–H and O–H groups in total. The molecule has 0 radical (unpaired) electrons. The Kier molecular flexibility index (Phi) is 7.08. The fourth-order valence-corrected chi connectivity index (χ4v) is 3.53. The largest absolute Gasteiger partial charge is 0.495 e. The zero-order valence-corrected chi connectivity index (χ0v) is 17.3. The van der Waals surface area contributed by atoms with Crippen LogP contribution in [0.5, 0.6) is 5.75 Å². The van der Waals surface area contributed by atoms with Crippen LogP contribution in [0.25, 0.3) is 0 Å². The highest BCUT2D eigenvalue weighted by molar-refractivity contribution is 8.00. The van der Waals surface area contributed by atoms with Crippen LogP contribution in [-0.4, -0.2) is 24.2 Å². The van der Waals surface area contributed by atoms with Gasteiger partial charge in [0.1, 0.15) is 11.6 Å². The Balaban J connectivity index is 1.58. The van der Waals surface area contributed by atoms with Crippen molar-refractivity contribution < 1.29 is 18.7 Å². The van der Waals surface area contributed by atoms with Crippen molar-refractivity contribution >= 4 is 35.0 Å². The van der Waals surface area contributed by atoms with Gasteiger partial charge in [0.05, 0.1) is 18.0 Å². The minimum Gasteiger partial charge on any atom is -0.495 e. The minimum atomic E-state index is -0.371. The summed E-state index contributed by atoms with van der Waals surface area (Å²) in [5, 5.41) is 5.26. The van der Waals surface area contributed by atoms with Crippen molar-refractivity contribution in [2.24, 2.45) is 0 Å². The molecule has 0 unspecified atom stereocenters. The molecule has 30 heavy (non-hydrogen) atoms. The van der Waals surface area contributed by atoms with Crippen LogP contribution in [0.4, 0.5) is 15.8 Å². The number of hydrogen-bond acceptors (Lipinski definition) is 4. The molecule has 0 saturated carbocycles. The van der Waals surface area contributed by atoms with Crippen LogP contribution in [0, 0.1) is 5.82 Å². The Bertz CT molecular complexity index is 1020. The Hall–Kier alpha value is -3.32. The standard InChI is InChI=1S/C23H21FN2O3S/c1-15(30-19-13-9-17(24)10-14-19)22(27)25-18-11-7-16(8-12-18)23(28)26-20-5-3-4-6-21(20)29-2/h3-15H,1-2H3,(H,25,27)(H,26,28)/t15-/m0/s1. The van der Waals surface area contributed by atoms with Gasteiger partial charge in [0.15, 0.2) is 0 Å². The van der Waals surface area contributed by atoms with Gasteiger partial charge in [-0.2, -0.15) is 0 Å². The molecule has 3 aromatic carbocycles. The summed E-state index contributed by atoms with van der Waals surface area (Å²) in [5.74, 6) is -0.207. The van der Waals surface area contributed by atoms with E-state index in [9.17, 15) is 14.0 Å². The summed E-state index contributed by atoms with van der Waals surface area (Å²) in [4.78, 5) is 25.7. The molecular weight excluding hydrogens is 403 g/mol. The first-order valence-corrected chi connectivity index (χ1v) is 10.1. The summed E-state index contributed by atoms with van der Waals surface area (Å²) in [5.41, 5.74) is 1.61. The molecule has 1 atom stereocenters. The number of nitrogens with one attached hydrogen (secondary N) is 2. The third-order valence-electron chi connectivity index (χ3n) is 4.27. The molecule has 3 rings (SSSR count). The van der Waals surface area contributed by atoms with Gasteiger partial charge in [0.2, 0.25) is 5.91 Å². The molecule has 2 amide bonds. The Morgan fingerprint density at radius 2 is 1.60 bits per heavy atom. The third kappa shape index (κ3) is 5.61. The monoisotopic (exact) mass is 424 g/mol. The quantitative estimate of drug-likeness (QED) is 0.511. The Labute approximate surface area is 178 Å². The van der Waals surface area contributed by atoms with Gasteiger partial charge < -0.3 is 15.4 Å². The van der Waals surface area contributed by atoms with Gasteiger partial charge >= 0.3 is 0 Å². The zero-order chi connectivity index (χ0) is 21.5. The summed E-state index contributed by atoms with van der Waals surface area (Å²) >= 11 is 1.34. The van der Waals surface area contributed by atoms with Crippen LogP contribution < -0.4 is 15.4 Å². The maximum atomic E-state index is 13.0. The van der Waals surface area contributed by atoms with E-state index in [0.29, 0.717) is 22.7 Å². The number of thioether (sulfide) groups is 1. The van der Waals surface area contributed by atoms with E-state index in [-0.39, 0.29) is 22.9 Å². The minimum absolute atomic E-state index is 0.185. The number of hydrogen-bond donors (Lipinski definition) is 2. The number of methoxy groups -OCH3 is 1. The van der Waals surface area contributed by atoms with E-state index in [1.165, 1.54) is 31.0 Å². The molecular formula is C23H21FN2O3S. The van der Waals surface area contributed by atoms with Crippen LogP contribution >= 0.6 is 11.8 Å². The molecule has 154 valence electrons. The molecule has 0 saturated heterocycles. The van der Waals surface area contributed by atoms with Crippen molar-refractivity contribution in [3.8, 4) is 5.75 Å². The van der Waals surface area contributed by atoms with Crippen molar-refractivity contribution in [1.29, 1.82) is 0 Å². The van der Waals surface area contributed by atoms with E-state index in [1.54, 1.807) is 55.5 Å². The topological polar surface area (TPSA) is 67.4 Å². The van der Waals surface area contributed by atoms with Crippen molar-refractivity contribution in [2.45, 2.75) is 17.1 Å². The maximum Gasteiger partial charge on any atom is 0.255 e. The molecule has 0 aliphatic carbocycles. The second kappa shape index (κ2) is 9.93. The van der Waals surface area contributed by atoms with Crippen molar-refractivity contribution in [3.63, 3.8) is 0 Å². The molecule has 5 nitrogen and oxygen atoms in total. The fourth-order valence-electron chi connectivity index (χ4n) is 2.66. The SMILES string of the molecule is COc1ccccc1NC(=O)c1ccc(NC(=O)[C@H](C)Sc2ccc(F)cc2)cc1. The summed E-state index contributed by atoms with van der Waals surface area (Å²) in [7, 11) is 1.54. The summed E-state index contributed by atoms with van der Waals surface area (Å²) < 4.78 is 18.2. The maximum absolute atomic E-state index is 13.0. The van der Waals surface area contributed by atoms with E-state index < -0.39 is 0 Å². The number of amides is 2. The van der Waals surface area contributed by atoms with Crippen molar-refractivity contribution in [1.82, 2.24) is 0 Å². The first-order valence-electron chi connectivity index (χ1n) is 9.24. The predicted octanol–water partition coefficient (Wildman–Crippen LogP) is 5.21. The fraction of sp³-hybridized carbons (Fsp3) is 0.130. The lowest BCUT2D eigenvalue weighted by molar-refractivity contribution is -0.115. The number of anilines is 2. The lowest BCUT2D eigenvalue weighted by Gasteiger charge is -2.13. The molecule has 0 aromatic heterocycles. The number of carbonyl (C=O) groups excluding carboxylic acids is 2. The van der Waals surface area contributed by atoms with Crippen LogP contribution in [0.2, 0.25) is 0 Å². The molecule has 0 aliphatic rings. The van der Waals surface area contributed by atoms with Crippen LogP contribution in [-0.2, 0) is 4.79 Å². The highest BCUT2D eigenvalue weighted by Gasteiger charge is 2.15. The number of halogens is 1. The summed E-state index contributed by atoms with van der Waals surface area (Å²) in [6.07, 6.45) is 0. The van der Waals surface area contributed by atoms with E-state index in [2.05, 4.69) is 10.6 Å². The summed E-state index contributed by atoms with van der Waals surface area (Å²) in [6, 6.07) is 19.8. The number of para-hydroxylation sites is 2. The number of rotatable bonds is 7. The number of ether oxygens (including phenoxy) is 1. The lowest BCUT2D eigenvalue weighted by Crippen LogP contribution is -2.22. The van der Waals surface area contributed by atoms with Crippen molar-refractivity contribution in [3.05, 3.63) is 84.2 Å². The smallest absolute Gasteiger partial charge is 0.255 e. The van der Waals surface area contributed by atoms with Gasteiger partial charge in [-0.05, 0) is 67.6 Å². The highest BCUT2D eigenvalue weighted by Crippen LogP contribution is 2.25. The Morgan fingerprint density at radius 3 is 2.27 bits per heavy atom. The van der Waals surface area contributed by atoms with Crippen LogP contribution in [0.1, 0.15) is 17.3 Å². The molecule has 0 spiro atoms. The molecule has 3 aromatic rings. The van der Waals surface area contributed by atoms with Gasteiger partial charge in [-0.15, -0.1) is 11.8 Å². The molecule has 0 bridgehead atoms. The number of benzene rings is 3. The van der Waals surface area contributed by atoms with E-state index >= 15 is 0 Å². The normalized spacial score (nSPS) is 11.4. The van der Waals surface area contributed by atoms with E-state index in [1.807, 2.05) is 12.1 Å². The lowest BCUT2D eigenvalue weighted by atomic mass is 10.2.